The van der Waals surface area contributed by atoms with Crippen molar-refractivity contribution >= 4 is 50.5 Å². The van der Waals surface area contributed by atoms with Gasteiger partial charge in [0.1, 0.15) is 0 Å². The standard InChI is InChI=1S/C65H46N2/c1-4-17-45(18-5-1)47-33-37-53(38-34-47)66(55-41-42-57-56-25-12-14-28-60(56)65(61(57)44-55,51-21-6-2-7-22-51)52-23-8-3-9-24-52)63-30-16-27-59-58-26-13-15-29-62(58)67(64(59)63)54-39-35-48(36-40-54)50-32-31-46-19-10-11-20-49(46)43-50/h1-30,33-44H,31-32H2. The third-order valence-electron chi connectivity index (χ3n) is 14.4. The van der Waals surface area contributed by atoms with Gasteiger partial charge in [-0.25, -0.2) is 0 Å². The second kappa shape index (κ2) is 15.9. The fourth-order valence-electron chi connectivity index (χ4n) is 11.4. The molecule has 0 N–H and O–H groups in total. The maximum absolute atomic E-state index is 2.50. The minimum atomic E-state index is -0.536. The first-order valence-corrected chi connectivity index (χ1v) is 23.5. The molecule has 1 heterocycles. The number of para-hydroxylation sites is 2. The molecule has 11 aromatic rings. The maximum Gasteiger partial charge on any atom is 0.0782 e. The number of nitrogens with zero attached hydrogens (tertiary/aromatic N) is 2. The largest absolute Gasteiger partial charge is 0.308 e. The Labute approximate surface area is 392 Å². The molecule has 2 nitrogen and oxygen atoms in total. The molecule has 0 fully saturated rings. The van der Waals surface area contributed by atoms with E-state index in [1.54, 1.807) is 0 Å². The number of hydrogen-bond donors (Lipinski definition) is 0. The molecule has 0 amide bonds. The van der Waals surface area contributed by atoms with Crippen LogP contribution in [-0.4, -0.2) is 4.57 Å². The Balaban J connectivity index is 1.05. The van der Waals surface area contributed by atoms with Crippen molar-refractivity contribution in [3.8, 4) is 27.9 Å². The molecule has 0 aliphatic heterocycles. The first-order chi connectivity index (χ1) is 33.2. The lowest BCUT2D eigenvalue weighted by molar-refractivity contribution is 0.768. The van der Waals surface area contributed by atoms with Gasteiger partial charge in [-0.3, -0.25) is 0 Å². The highest BCUT2D eigenvalue weighted by atomic mass is 15.2. The molecule has 2 heteroatoms. The van der Waals surface area contributed by atoms with Crippen molar-refractivity contribution in [3.05, 3.63) is 288 Å². The number of anilines is 3. The van der Waals surface area contributed by atoms with Crippen molar-refractivity contribution in [1.29, 1.82) is 0 Å². The van der Waals surface area contributed by atoms with E-state index in [4.69, 9.17) is 0 Å². The van der Waals surface area contributed by atoms with Crippen LogP contribution in [0.1, 0.15) is 45.4 Å². The van der Waals surface area contributed by atoms with Gasteiger partial charge in [0.25, 0.3) is 0 Å². The van der Waals surface area contributed by atoms with Crippen LogP contribution in [0.15, 0.2) is 249 Å². The summed E-state index contributed by atoms with van der Waals surface area (Å²) in [4.78, 5) is 2.50. The smallest absolute Gasteiger partial charge is 0.0782 e. The number of rotatable bonds is 8. The molecule has 67 heavy (non-hydrogen) atoms. The van der Waals surface area contributed by atoms with E-state index in [0.29, 0.717) is 0 Å². The average molecular weight is 855 g/mol. The van der Waals surface area contributed by atoms with Crippen LogP contribution in [0.4, 0.5) is 17.1 Å². The first kappa shape index (κ1) is 39.0. The zero-order chi connectivity index (χ0) is 44.3. The molecule has 316 valence electrons. The van der Waals surface area contributed by atoms with Gasteiger partial charge in [0.05, 0.1) is 22.1 Å². The summed E-state index contributed by atoms with van der Waals surface area (Å²) in [6.07, 6.45) is 4.48. The zero-order valence-electron chi connectivity index (χ0n) is 37.1. The monoisotopic (exact) mass is 854 g/mol. The molecule has 0 bridgehead atoms. The Morgan fingerprint density at radius 1 is 0.403 bits per heavy atom. The second-order valence-electron chi connectivity index (χ2n) is 17.9. The van der Waals surface area contributed by atoms with Crippen molar-refractivity contribution in [2.24, 2.45) is 0 Å². The van der Waals surface area contributed by atoms with Gasteiger partial charge in [-0.2, -0.15) is 0 Å². The van der Waals surface area contributed by atoms with Crippen LogP contribution < -0.4 is 4.90 Å². The molecular weight excluding hydrogens is 809 g/mol. The van der Waals surface area contributed by atoms with Crippen molar-refractivity contribution < 1.29 is 0 Å². The summed E-state index contributed by atoms with van der Waals surface area (Å²) in [6.45, 7) is 0. The molecule has 0 radical (unpaired) electrons. The lowest BCUT2D eigenvalue weighted by Crippen LogP contribution is -2.28. The van der Waals surface area contributed by atoms with E-state index in [2.05, 4.69) is 264 Å². The third kappa shape index (κ3) is 6.25. The van der Waals surface area contributed by atoms with E-state index in [9.17, 15) is 0 Å². The topological polar surface area (TPSA) is 8.17 Å². The first-order valence-electron chi connectivity index (χ1n) is 23.5. The van der Waals surface area contributed by atoms with Crippen molar-refractivity contribution in [2.75, 3.05) is 4.90 Å². The van der Waals surface area contributed by atoms with Gasteiger partial charge in [0, 0.05) is 27.8 Å². The Morgan fingerprint density at radius 2 is 1.00 bits per heavy atom. The molecule has 1 aromatic heterocycles. The Morgan fingerprint density at radius 3 is 1.78 bits per heavy atom. The summed E-state index contributed by atoms with van der Waals surface area (Å²) in [5.74, 6) is 0. The Kier molecular flexibility index (Phi) is 9.25. The molecule has 0 spiro atoms. The normalized spacial score (nSPS) is 13.5. The van der Waals surface area contributed by atoms with E-state index in [0.717, 1.165) is 41.1 Å². The number of benzene rings is 10. The highest BCUT2D eigenvalue weighted by Crippen LogP contribution is 2.57. The SMILES string of the molecule is C1=C(c2ccc(-n3c4ccccc4c4cccc(N(c5ccc(-c6ccccc6)cc5)c5ccc6c(c5)C(c5ccccc5)(c5ccccc5)c5ccccc5-6)c43)cc2)CCc2ccccc21. The molecule has 2 aliphatic carbocycles. The molecular formula is C65H46N2. The maximum atomic E-state index is 2.50. The Bertz CT molecular complexity index is 3620. The van der Waals surface area contributed by atoms with Gasteiger partial charge in [-0.1, -0.05) is 206 Å². The van der Waals surface area contributed by atoms with Crippen LogP contribution in [0.5, 0.6) is 0 Å². The predicted octanol–water partition coefficient (Wildman–Crippen LogP) is 16.8. The zero-order valence-corrected chi connectivity index (χ0v) is 37.1. The van der Waals surface area contributed by atoms with E-state index < -0.39 is 5.41 Å². The van der Waals surface area contributed by atoms with Gasteiger partial charge in [-0.05, 0) is 128 Å². The van der Waals surface area contributed by atoms with Gasteiger partial charge >= 0.3 is 0 Å². The molecule has 0 unspecified atom stereocenters. The van der Waals surface area contributed by atoms with Crippen LogP contribution in [0, 0.1) is 0 Å². The molecule has 0 saturated heterocycles. The predicted molar refractivity (Wildman–Crippen MR) is 281 cm³/mol. The van der Waals surface area contributed by atoms with Crippen molar-refractivity contribution in [1.82, 2.24) is 4.57 Å². The molecule has 10 aromatic carbocycles. The molecule has 0 saturated carbocycles. The molecule has 13 rings (SSSR count). The summed E-state index contributed by atoms with van der Waals surface area (Å²) >= 11 is 0. The summed E-state index contributed by atoms with van der Waals surface area (Å²) in [5.41, 5.74) is 21.7. The minimum absolute atomic E-state index is 0.536. The van der Waals surface area contributed by atoms with Gasteiger partial charge in [0.2, 0.25) is 0 Å². The fraction of sp³-hybridized carbons (Fsp3) is 0.0462. The molecule has 0 atom stereocenters. The highest BCUT2D eigenvalue weighted by Gasteiger charge is 2.46. The summed E-state index contributed by atoms with van der Waals surface area (Å²) < 4.78 is 2.49. The number of hydrogen-bond acceptors (Lipinski definition) is 1. The number of fused-ring (bicyclic) bond motifs is 7. The van der Waals surface area contributed by atoms with Crippen LogP contribution in [-0.2, 0) is 11.8 Å². The summed E-state index contributed by atoms with van der Waals surface area (Å²) in [6, 6.07) is 92.0. The van der Waals surface area contributed by atoms with Crippen LogP contribution in [0.2, 0.25) is 0 Å². The summed E-state index contributed by atoms with van der Waals surface area (Å²) in [5, 5.41) is 2.44. The van der Waals surface area contributed by atoms with Crippen molar-refractivity contribution in [2.45, 2.75) is 18.3 Å². The Hall–Kier alpha value is -8.46. The van der Waals surface area contributed by atoms with E-state index in [-0.39, 0.29) is 0 Å². The number of aryl methyl sites for hydroxylation is 1. The van der Waals surface area contributed by atoms with Gasteiger partial charge in [-0.15, -0.1) is 0 Å². The quantitative estimate of drug-likeness (QED) is 0.148. The van der Waals surface area contributed by atoms with Crippen LogP contribution in [0.3, 0.4) is 0 Å². The van der Waals surface area contributed by atoms with E-state index in [1.165, 1.54) is 83.1 Å². The minimum Gasteiger partial charge on any atom is -0.308 e. The van der Waals surface area contributed by atoms with Gasteiger partial charge < -0.3 is 9.47 Å². The lowest BCUT2D eigenvalue weighted by atomic mass is 9.67. The molecule has 2 aliphatic rings. The lowest BCUT2D eigenvalue weighted by Gasteiger charge is -2.35. The highest BCUT2D eigenvalue weighted by molar-refractivity contribution is 6.14. The third-order valence-corrected chi connectivity index (χ3v) is 14.4. The van der Waals surface area contributed by atoms with Crippen LogP contribution >= 0.6 is 0 Å². The average Bonchev–Trinajstić information content (AvgIpc) is 3.91. The van der Waals surface area contributed by atoms with E-state index >= 15 is 0 Å². The number of aromatic nitrogens is 1. The van der Waals surface area contributed by atoms with Gasteiger partial charge in [0.15, 0.2) is 0 Å². The van der Waals surface area contributed by atoms with Crippen molar-refractivity contribution in [3.63, 3.8) is 0 Å². The summed E-state index contributed by atoms with van der Waals surface area (Å²) in [7, 11) is 0. The van der Waals surface area contributed by atoms with E-state index in [1.807, 2.05) is 0 Å². The second-order valence-corrected chi connectivity index (χ2v) is 17.9. The fourth-order valence-corrected chi connectivity index (χ4v) is 11.4. The van der Waals surface area contributed by atoms with Crippen LogP contribution in [0.25, 0.3) is 61.4 Å². The number of allylic oxidation sites excluding steroid dienone is 1.